The fraction of sp³-hybridized carbons (Fsp3) is 0.294. The van der Waals surface area contributed by atoms with E-state index in [-0.39, 0.29) is 0 Å². The number of rotatable bonds is 3. The molecule has 4 heteroatoms. The number of halogens is 1. The predicted molar refractivity (Wildman–Crippen MR) is 86.2 cm³/mol. The van der Waals surface area contributed by atoms with Gasteiger partial charge in [-0.1, -0.05) is 29.8 Å². The highest BCUT2D eigenvalue weighted by molar-refractivity contribution is 6.31. The van der Waals surface area contributed by atoms with Gasteiger partial charge in [-0.2, -0.15) is 0 Å². The van der Waals surface area contributed by atoms with E-state index in [9.17, 15) is 5.11 Å². The Labute approximate surface area is 130 Å². The van der Waals surface area contributed by atoms with Crippen molar-refractivity contribution in [3.63, 3.8) is 0 Å². The molecule has 0 spiro atoms. The second-order valence-electron chi connectivity index (χ2n) is 5.52. The fourth-order valence-corrected chi connectivity index (χ4v) is 3.04. The number of aromatic hydroxyl groups is 1. The minimum absolute atomic E-state index is 0.321. The molecule has 0 atom stereocenters. The van der Waals surface area contributed by atoms with Crippen LogP contribution in [0.3, 0.4) is 0 Å². The lowest BCUT2D eigenvalue weighted by molar-refractivity contribution is -0.914. The van der Waals surface area contributed by atoms with E-state index in [2.05, 4.69) is 11.0 Å². The van der Waals surface area contributed by atoms with Crippen LogP contribution in [-0.2, 0) is 6.54 Å². The number of benzene rings is 2. The third-order valence-corrected chi connectivity index (χ3v) is 4.45. The Hall–Kier alpha value is -1.71. The van der Waals surface area contributed by atoms with Crippen molar-refractivity contribution in [1.82, 2.24) is 0 Å². The van der Waals surface area contributed by atoms with Crippen molar-refractivity contribution in [2.24, 2.45) is 0 Å². The molecule has 21 heavy (non-hydrogen) atoms. The van der Waals surface area contributed by atoms with Gasteiger partial charge in [0.15, 0.2) is 0 Å². The monoisotopic (exact) mass is 303 g/mol. The average Bonchev–Trinajstić information content (AvgIpc) is 2.51. The third kappa shape index (κ3) is 3.49. The van der Waals surface area contributed by atoms with Crippen LogP contribution in [0, 0.1) is 0 Å². The second kappa shape index (κ2) is 6.37. The molecule has 2 aromatic carbocycles. The summed E-state index contributed by atoms with van der Waals surface area (Å²) in [6.45, 7) is 5.26. The van der Waals surface area contributed by atoms with E-state index in [1.807, 2.05) is 30.3 Å². The zero-order valence-electron chi connectivity index (χ0n) is 11.9. The zero-order valence-corrected chi connectivity index (χ0v) is 12.7. The maximum absolute atomic E-state index is 9.35. The Morgan fingerprint density at radius 1 is 1.00 bits per heavy atom. The van der Waals surface area contributed by atoms with E-state index in [0.29, 0.717) is 5.75 Å². The fourth-order valence-electron chi connectivity index (χ4n) is 2.83. The van der Waals surface area contributed by atoms with Crippen molar-refractivity contribution >= 4 is 17.3 Å². The summed E-state index contributed by atoms with van der Waals surface area (Å²) in [7, 11) is 0. The van der Waals surface area contributed by atoms with Gasteiger partial charge >= 0.3 is 0 Å². The Bertz CT molecular complexity index is 592. The van der Waals surface area contributed by atoms with Crippen LogP contribution in [0.25, 0.3) is 0 Å². The van der Waals surface area contributed by atoms with Crippen LogP contribution < -0.4 is 9.80 Å². The van der Waals surface area contributed by atoms with Gasteiger partial charge in [0.05, 0.1) is 26.2 Å². The summed E-state index contributed by atoms with van der Waals surface area (Å²) in [6.07, 6.45) is 0. The van der Waals surface area contributed by atoms with E-state index in [4.69, 9.17) is 11.6 Å². The maximum Gasteiger partial charge on any atom is 0.115 e. The number of nitrogens with zero attached hydrogens (tertiary/aromatic N) is 1. The normalized spacial score (nSPS) is 16.1. The molecule has 0 amide bonds. The first-order valence-corrected chi connectivity index (χ1v) is 7.71. The zero-order chi connectivity index (χ0) is 14.7. The van der Waals surface area contributed by atoms with Crippen LogP contribution in [0.4, 0.5) is 5.69 Å². The molecule has 2 aromatic rings. The van der Waals surface area contributed by atoms with Crippen LogP contribution >= 0.6 is 11.6 Å². The molecule has 110 valence electrons. The number of piperazine rings is 1. The lowest BCUT2D eigenvalue weighted by atomic mass is 10.2. The Kier molecular flexibility index (Phi) is 4.32. The predicted octanol–water partition coefficient (Wildman–Crippen LogP) is 1.95. The van der Waals surface area contributed by atoms with Gasteiger partial charge in [0.25, 0.3) is 0 Å². The van der Waals surface area contributed by atoms with Crippen molar-refractivity contribution in [1.29, 1.82) is 0 Å². The largest absolute Gasteiger partial charge is 0.508 e. The molecule has 0 bridgehead atoms. The molecular weight excluding hydrogens is 284 g/mol. The third-order valence-electron chi connectivity index (χ3n) is 4.08. The van der Waals surface area contributed by atoms with Gasteiger partial charge in [-0.3, -0.25) is 0 Å². The number of hydrogen-bond acceptors (Lipinski definition) is 2. The van der Waals surface area contributed by atoms with E-state index >= 15 is 0 Å². The van der Waals surface area contributed by atoms with E-state index in [1.54, 1.807) is 17.0 Å². The van der Waals surface area contributed by atoms with Crippen molar-refractivity contribution in [3.8, 4) is 5.75 Å². The highest BCUT2D eigenvalue weighted by Gasteiger charge is 2.20. The van der Waals surface area contributed by atoms with E-state index in [0.717, 1.165) is 37.7 Å². The Balaban J connectivity index is 1.58. The Morgan fingerprint density at radius 2 is 1.67 bits per heavy atom. The van der Waals surface area contributed by atoms with Gasteiger partial charge in [0, 0.05) is 16.3 Å². The summed E-state index contributed by atoms with van der Waals surface area (Å²) in [5.74, 6) is 0.321. The summed E-state index contributed by atoms with van der Waals surface area (Å²) >= 11 is 6.24. The standard InChI is InChI=1S/C17H19ClN2O/c18-17-4-2-1-3-14(17)13-19-9-11-20(12-10-19)15-5-7-16(21)8-6-15/h1-8,21H,9-13H2/p+1. The molecule has 1 aliphatic rings. The highest BCUT2D eigenvalue weighted by Crippen LogP contribution is 2.18. The molecule has 0 saturated carbocycles. The van der Waals surface area contributed by atoms with Gasteiger partial charge in [-0.25, -0.2) is 0 Å². The van der Waals surface area contributed by atoms with Gasteiger partial charge in [-0.05, 0) is 30.3 Å². The van der Waals surface area contributed by atoms with Crippen LogP contribution in [0.5, 0.6) is 5.75 Å². The first kappa shape index (κ1) is 14.2. The molecular formula is C17H20ClN2O+. The summed E-state index contributed by atoms with van der Waals surface area (Å²) in [4.78, 5) is 3.94. The quantitative estimate of drug-likeness (QED) is 0.907. The molecule has 2 N–H and O–H groups in total. The minimum atomic E-state index is 0.321. The molecule has 1 saturated heterocycles. The van der Waals surface area contributed by atoms with Crippen molar-refractivity contribution in [2.75, 3.05) is 31.1 Å². The average molecular weight is 304 g/mol. The lowest BCUT2D eigenvalue weighted by Gasteiger charge is -2.33. The van der Waals surface area contributed by atoms with Gasteiger partial charge in [0.1, 0.15) is 12.3 Å². The smallest absolute Gasteiger partial charge is 0.115 e. The summed E-state index contributed by atoms with van der Waals surface area (Å²) in [5.41, 5.74) is 2.41. The first-order chi connectivity index (χ1) is 10.2. The molecule has 0 unspecified atom stereocenters. The number of quaternary nitrogens is 1. The molecule has 0 radical (unpaired) electrons. The second-order valence-corrected chi connectivity index (χ2v) is 5.93. The van der Waals surface area contributed by atoms with E-state index in [1.165, 1.54) is 11.3 Å². The van der Waals surface area contributed by atoms with Crippen LogP contribution in [-0.4, -0.2) is 31.3 Å². The molecule has 1 aliphatic heterocycles. The first-order valence-electron chi connectivity index (χ1n) is 7.33. The number of phenols is 1. The number of hydrogen-bond donors (Lipinski definition) is 2. The SMILES string of the molecule is Oc1ccc(N2CC[NH+](Cc3ccccc3Cl)CC2)cc1. The molecule has 3 nitrogen and oxygen atoms in total. The maximum atomic E-state index is 9.35. The Morgan fingerprint density at radius 3 is 2.33 bits per heavy atom. The van der Waals surface area contributed by atoms with Crippen molar-refractivity contribution in [3.05, 3.63) is 59.1 Å². The topological polar surface area (TPSA) is 27.9 Å². The minimum Gasteiger partial charge on any atom is -0.508 e. The number of nitrogens with one attached hydrogen (secondary N) is 1. The van der Waals surface area contributed by atoms with Gasteiger partial charge in [-0.15, -0.1) is 0 Å². The van der Waals surface area contributed by atoms with Crippen LogP contribution in [0.1, 0.15) is 5.56 Å². The molecule has 1 fully saturated rings. The molecule has 3 rings (SSSR count). The van der Waals surface area contributed by atoms with Gasteiger partial charge in [0.2, 0.25) is 0 Å². The summed E-state index contributed by atoms with van der Waals surface area (Å²) < 4.78 is 0. The summed E-state index contributed by atoms with van der Waals surface area (Å²) in [5, 5.41) is 10.2. The van der Waals surface area contributed by atoms with Crippen molar-refractivity contribution < 1.29 is 10.0 Å². The van der Waals surface area contributed by atoms with Crippen LogP contribution in [0.2, 0.25) is 5.02 Å². The lowest BCUT2D eigenvalue weighted by Crippen LogP contribution is -3.13. The molecule has 1 heterocycles. The number of anilines is 1. The number of phenolic OH excluding ortho intramolecular Hbond substituents is 1. The highest BCUT2D eigenvalue weighted by atomic mass is 35.5. The molecule has 0 aliphatic carbocycles. The van der Waals surface area contributed by atoms with Crippen molar-refractivity contribution in [2.45, 2.75) is 6.54 Å². The van der Waals surface area contributed by atoms with Gasteiger partial charge < -0.3 is 14.9 Å². The van der Waals surface area contributed by atoms with E-state index < -0.39 is 0 Å². The van der Waals surface area contributed by atoms with Crippen LogP contribution in [0.15, 0.2) is 48.5 Å². The molecule has 0 aromatic heterocycles. The summed E-state index contributed by atoms with van der Waals surface area (Å²) in [6, 6.07) is 15.6.